The summed E-state index contributed by atoms with van der Waals surface area (Å²) in [5, 5.41) is 0.993. The molecule has 160 valence electrons. The van der Waals surface area contributed by atoms with Crippen LogP contribution in [0.4, 0.5) is 4.39 Å². The molecule has 0 aliphatic rings. The Labute approximate surface area is 185 Å². The fourth-order valence-corrected chi connectivity index (χ4v) is 5.09. The van der Waals surface area contributed by atoms with Crippen molar-refractivity contribution < 1.29 is 4.39 Å². The van der Waals surface area contributed by atoms with Gasteiger partial charge in [0.25, 0.3) is 0 Å². The van der Waals surface area contributed by atoms with Crippen LogP contribution >= 0.6 is 11.3 Å². The Morgan fingerprint density at radius 3 is 2.40 bits per heavy atom. The Balaban J connectivity index is 1.74. The molecular formula is C28H35FS. The Morgan fingerprint density at radius 1 is 0.933 bits per heavy atom. The fourth-order valence-electron chi connectivity index (χ4n) is 4.07. The Hall–Kier alpha value is -1.93. The third kappa shape index (κ3) is 5.82. The Kier molecular flexibility index (Phi) is 8.27. The van der Waals surface area contributed by atoms with Crippen LogP contribution < -0.4 is 0 Å². The molecule has 1 heterocycles. The standard InChI is InChI=1S/C28H35FS/c1-5-7-20(3)9-10-21(4)11-17-25-19-24-16-18-26(27(29)28(24)30-25)23-14-12-22(8-6-2)13-15-23/h11-21H,5-10H2,1-4H3/b17-11+. The Morgan fingerprint density at radius 2 is 1.70 bits per heavy atom. The number of halogens is 1. The van der Waals surface area contributed by atoms with E-state index in [9.17, 15) is 0 Å². The van der Waals surface area contributed by atoms with E-state index in [1.54, 1.807) is 11.3 Å². The van der Waals surface area contributed by atoms with Crippen LogP contribution in [0, 0.1) is 17.7 Å². The summed E-state index contributed by atoms with van der Waals surface area (Å²) in [4.78, 5) is 1.13. The van der Waals surface area contributed by atoms with Gasteiger partial charge >= 0.3 is 0 Å². The number of rotatable bonds is 10. The number of thiophene rings is 1. The molecule has 3 rings (SSSR count). The first-order valence-corrected chi connectivity index (χ1v) is 12.3. The lowest BCUT2D eigenvalue weighted by Crippen LogP contribution is -1.97. The molecule has 1 aromatic heterocycles. The Bertz CT molecular complexity index is 964. The molecule has 2 atom stereocenters. The van der Waals surface area contributed by atoms with Gasteiger partial charge in [-0.2, -0.15) is 0 Å². The monoisotopic (exact) mass is 422 g/mol. The summed E-state index contributed by atoms with van der Waals surface area (Å²) < 4.78 is 16.0. The molecule has 0 fully saturated rings. The van der Waals surface area contributed by atoms with Gasteiger partial charge in [0, 0.05) is 10.4 Å². The molecule has 2 aromatic carbocycles. The van der Waals surface area contributed by atoms with Crippen LogP contribution in [0.15, 0.2) is 48.5 Å². The molecule has 2 heteroatoms. The molecule has 0 saturated carbocycles. The normalized spacial score (nSPS) is 13.9. The minimum atomic E-state index is -0.0955. The van der Waals surface area contributed by atoms with E-state index in [1.165, 1.54) is 31.2 Å². The maximum Gasteiger partial charge on any atom is 0.148 e. The summed E-state index contributed by atoms with van der Waals surface area (Å²) in [6.07, 6.45) is 11.7. The highest BCUT2D eigenvalue weighted by molar-refractivity contribution is 7.19. The summed E-state index contributed by atoms with van der Waals surface area (Å²) >= 11 is 1.56. The summed E-state index contributed by atoms with van der Waals surface area (Å²) in [5.74, 6) is 1.26. The van der Waals surface area contributed by atoms with Crippen molar-refractivity contribution in [3.8, 4) is 11.1 Å². The molecule has 0 spiro atoms. The predicted molar refractivity (Wildman–Crippen MR) is 133 cm³/mol. The largest absolute Gasteiger partial charge is 0.205 e. The molecular weight excluding hydrogens is 387 g/mol. The fraction of sp³-hybridized carbons (Fsp3) is 0.429. The van der Waals surface area contributed by atoms with Crippen molar-refractivity contribution >= 4 is 27.5 Å². The molecule has 0 N–H and O–H groups in total. The van der Waals surface area contributed by atoms with Crippen LogP contribution in [0.1, 0.15) is 70.2 Å². The van der Waals surface area contributed by atoms with Gasteiger partial charge in [-0.25, -0.2) is 4.39 Å². The van der Waals surface area contributed by atoms with Gasteiger partial charge < -0.3 is 0 Å². The molecule has 0 bridgehead atoms. The van der Waals surface area contributed by atoms with Crippen LogP contribution in [0.3, 0.4) is 0 Å². The van der Waals surface area contributed by atoms with Crippen molar-refractivity contribution in [2.75, 3.05) is 0 Å². The van der Waals surface area contributed by atoms with Crippen molar-refractivity contribution in [1.29, 1.82) is 0 Å². The van der Waals surface area contributed by atoms with Crippen molar-refractivity contribution in [2.24, 2.45) is 11.8 Å². The topological polar surface area (TPSA) is 0 Å². The maximum absolute atomic E-state index is 15.3. The van der Waals surface area contributed by atoms with E-state index >= 15 is 4.39 Å². The highest BCUT2D eigenvalue weighted by atomic mass is 32.1. The van der Waals surface area contributed by atoms with Crippen LogP contribution in [0.25, 0.3) is 27.3 Å². The molecule has 0 amide bonds. The van der Waals surface area contributed by atoms with E-state index in [-0.39, 0.29) is 5.82 Å². The number of benzene rings is 2. The quantitative estimate of drug-likeness (QED) is 0.305. The van der Waals surface area contributed by atoms with Crippen LogP contribution in [0.2, 0.25) is 0 Å². The second kappa shape index (κ2) is 10.9. The van der Waals surface area contributed by atoms with Gasteiger partial charge in [0.1, 0.15) is 5.82 Å². The zero-order valence-corrected chi connectivity index (χ0v) is 19.7. The van der Waals surface area contributed by atoms with Gasteiger partial charge in [-0.3, -0.25) is 0 Å². The molecule has 3 aromatic rings. The molecule has 0 saturated heterocycles. The van der Waals surface area contributed by atoms with Gasteiger partial charge in [-0.1, -0.05) is 95.9 Å². The lowest BCUT2D eigenvalue weighted by atomic mass is 9.95. The van der Waals surface area contributed by atoms with E-state index < -0.39 is 0 Å². The molecule has 0 radical (unpaired) electrons. The van der Waals surface area contributed by atoms with Crippen LogP contribution in [-0.2, 0) is 6.42 Å². The molecule has 0 nitrogen and oxygen atoms in total. The second-order valence-electron chi connectivity index (χ2n) is 8.75. The van der Waals surface area contributed by atoms with Gasteiger partial charge in [-0.15, -0.1) is 11.3 Å². The van der Waals surface area contributed by atoms with Crippen LogP contribution in [0.5, 0.6) is 0 Å². The number of allylic oxidation sites excluding steroid dienone is 1. The van der Waals surface area contributed by atoms with E-state index in [1.807, 2.05) is 18.2 Å². The summed E-state index contributed by atoms with van der Waals surface area (Å²) in [7, 11) is 0. The van der Waals surface area contributed by atoms with Crippen molar-refractivity contribution in [2.45, 2.75) is 66.2 Å². The zero-order chi connectivity index (χ0) is 21.5. The first kappa shape index (κ1) is 22.7. The van der Waals surface area contributed by atoms with E-state index in [2.05, 4.69) is 64.1 Å². The first-order valence-electron chi connectivity index (χ1n) is 11.5. The number of aryl methyl sites for hydroxylation is 1. The SMILES string of the molecule is CCCc1ccc(-c2ccc3cc(/C=C/C(C)CCC(C)CCC)sc3c2F)cc1. The second-order valence-corrected chi connectivity index (χ2v) is 9.83. The lowest BCUT2D eigenvalue weighted by molar-refractivity contribution is 0.441. The van der Waals surface area contributed by atoms with Crippen molar-refractivity contribution in [1.82, 2.24) is 0 Å². The van der Waals surface area contributed by atoms with Gasteiger partial charge in [0.15, 0.2) is 0 Å². The van der Waals surface area contributed by atoms with Gasteiger partial charge in [-0.05, 0) is 53.3 Å². The lowest BCUT2D eigenvalue weighted by Gasteiger charge is -2.11. The third-order valence-corrected chi connectivity index (χ3v) is 7.04. The maximum atomic E-state index is 15.3. The number of hydrogen-bond donors (Lipinski definition) is 0. The zero-order valence-electron chi connectivity index (χ0n) is 18.9. The minimum Gasteiger partial charge on any atom is -0.205 e. The predicted octanol–water partition coefficient (Wildman–Crippen LogP) is 9.53. The molecule has 0 aliphatic heterocycles. The van der Waals surface area contributed by atoms with Crippen molar-refractivity contribution in [3.63, 3.8) is 0 Å². The summed E-state index contributed by atoms with van der Waals surface area (Å²) in [6, 6.07) is 14.4. The smallest absolute Gasteiger partial charge is 0.148 e. The highest BCUT2D eigenvalue weighted by Crippen LogP contribution is 2.35. The number of hydrogen-bond acceptors (Lipinski definition) is 1. The third-order valence-electron chi connectivity index (χ3n) is 5.93. The average molecular weight is 423 g/mol. The highest BCUT2D eigenvalue weighted by Gasteiger charge is 2.12. The average Bonchev–Trinajstić information content (AvgIpc) is 3.16. The number of fused-ring (bicyclic) bond motifs is 1. The first-order chi connectivity index (χ1) is 14.5. The van der Waals surface area contributed by atoms with Gasteiger partial charge in [0.2, 0.25) is 0 Å². The van der Waals surface area contributed by atoms with E-state index in [0.29, 0.717) is 11.5 Å². The van der Waals surface area contributed by atoms with Crippen LogP contribution in [-0.4, -0.2) is 0 Å². The molecule has 0 aliphatic carbocycles. The summed E-state index contributed by atoms with van der Waals surface area (Å²) in [6.45, 7) is 9.07. The van der Waals surface area contributed by atoms with Gasteiger partial charge in [0.05, 0.1) is 4.70 Å². The van der Waals surface area contributed by atoms with E-state index in [0.717, 1.165) is 39.3 Å². The molecule has 30 heavy (non-hydrogen) atoms. The van der Waals surface area contributed by atoms with E-state index in [4.69, 9.17) is 0 Å². The molecule has 2 unspecified atom stereocenters. The minimum absolute atomic E-state index is 0.0955. The van der Waals surface area contributed by atoms with Crippen molar-refractivity contribution in [3.05, 3.63) is 64.8 Å². The summed E-state index contributed by atoms with van der Waals surface area (Å²) in [5.41, 5.74) is 2.96.